The fourth-order valence-electron chi connectivity index (χ4n) is 3.18. The van der Waals surface area contributed by atoms with E-state index < -0.39 is 17.9 Å². The number of carbonyl (C=O) groups is 3. The van der Waals surface area contributed by atoms with Gasteiger partial charge in [-0.3, -0.25) is 9.59 Å². The molecule has 0 aromatic heterocycles. The van der Waals surface area contributed by atoms with Gasteiger partial charge in [-0.05, 0) is 30.0 Å². The van der Waals surface area contributed by atoms with Crippen LogP contribution in [0.5, 0.6) is 0 Å². The SMILES string of the molecule is Nc1ccc(C(=O)NC(CC2=CNC3C=CC=CC23)C(=O)O)cc1NC=O. The molecule has 3 unspecified atom stereocenters. The van der Waals surface area contributed by atoms with Gasteiger partial charge in [-0.2, -0.15) is 0 Å². The smallest absolute Gasteiger partial charge is 0.326 e. The molecule has 27 heavy (non-hydrogen) atoms. The summed E-state index contributed by atoms with van der Waals surface area (Å²) in [6.45, 7) is 0. The molecule has 0 saturated carbocycles. The van der Waals surface area contributed by atoms with Gasteiger partial charge in [0.15, 0.2) is 0 Å². The summed E-state index contributed by atoms with van der Waals surface area (Å²) < 4.78 is 0. The largest absolute Gasteiger partial charge is 0.480 e. The van der Waals surface area contributed by atoms with Crippen molar-refractivity contribution >= 4 is 29.7 Å². The molecule has 140 valence electrons. The van der Waals surface area contributed by atoms with Crippen LogP contribution < -0.4 is 21.7 Å². The quantitative estimate of drug-likeness (QED) is 0.360. The van der Waals surface area contributed by atoms with E-state index in [-0.39, 0.29) is 29.6 Å². The standard InChI is InChI=1S/C19H20N4O4/c20-14-6-5-11(7-16(14)22-10-24)18(25)23-17(19(26)27)8-12-9-21-15-4-2-1-3-13(12)15/h1-7,9-10,13,15,17,21H,8,20H2,(H,22,24)(H,23,25)(H,26,27). The van der Waals surface area contributed by atoms with Crippen molar-refractivity contribution < 1.29 is 19.5 Å². The molecule has 0 saturated heterocycles. The Bertz CT molecular complexity index is 859. The molecule has 3 rings (SSSR count). The van der Waals surface area contributed by atoms with Crippen molar-refractivity contribution in [3.63, 3.8) is 0 Å². The Morgan fingerprint density at radius 2 is 2.07 bits per heavy atom. The van der Waals surface area contributed by atoms with Gasteiger partial charge in [-0.25, -0.2) is 4.79 Å². The first-order valence-electron chi connectivity index (χ1n) is 8.43. The molecule has 6 N–H and O–H groups in total. The van der Waals surface area contributed by atoms with Gasteiger partial charge in [0.05, 0.1) is 17.4 Å². The Balaban J connectivity index is 1.71. The topological polar surface area (TPSA) is 134 Å². The van der Waals surface area contributed by atoms with Crippen molar-refractivity contribution in [3.05, 3.63) is 59.8 Å². The van der Waals surface area contributed by atoms with Crippen LogP contribution in [0.15, 0.2) is 54.3 Å². The molecule has 0 spiro atoms. The average Bonchev–Trinajstić information content (AvgIpc) is 3.06. The summed E-state index contributed by atoms with van der Waals surface area (Å²) in [5.41, 5.74) is 7.43. The predicted octanol–water partition coefficient (Wildman–Crippen LogP) is 1.01. The number of nitrogens with two attached hydrogens (primary N) is 1. The van der Waals surface area contributed by atoms with E-state index >= 15 is 0 Å². The maximum Gasteiger partial charge on any atom is 0.326 e. The van der Waals surface area contributed by atoms with Crippen molar-refractivity contribution in [2.75, 3.05) is 11.1 Å². The van der Waals surface area contributed by atoms with Crippen LogP contribution in [0, 0.1) is 5.92 Å². The number of hydrogen-bond donors (Lipinski definition) is 5. The second-order valence-electron chi connectivity index (χ2n) is 6.34. The number of carboxylic acids is 1. The summed E-state index contributed by atoms with van der Waals surface area (Å²) in [6.07, 6.45) is 10.3. The van der Waals surface area contributed by atoms with Crippen LogP contribution >= 0.6 is 0 Å². The lowest BCUT2D eigenvalue weighted by Crippen LogP contribution is -2.41. The van der Waals surface area contributed by atoms with E-state index in [9.17, 15) is 19.5 Å². The first kappa shape index (κ1) is 18.2. The summed E-state index contributed by atoms with van der Waals surface area (Å²) in [6, 6.07) is 3.39. The van der Waals surface area contributed by atoms with Crippen LogP contribution in [0.1, 0.15) is 16.8 Å². The maximum absolute atomic E-state index is 12.5. The average molecular weight is 368 g/mol. The molecular weight excluding hydrogens is 348 g/mol. The third-order valence-corrected chi connectivity index (χ3v) is 4.60. The summed E-state index contributed by atoms with van der Waals surface area (Å²) in [4.78, 5) is 34.8. The zero-order valence-electron chi connectivity index (χ0n) is 14.4. The molecule has 1 aromatic carbocycles. The maximum atomic E-state index is 12.5. The van der Waals surface area contributed by atoms with Gasteiger partial charge in [0.1, 0.15) is 6.04 Å². The Hall–Kier alpha value is -3.55. The van der Waals surface area contributed by atoms with Crippen molar-refractivity contribution in [2.45, 2.75) is 18.5 Å². The number of carbonyl (C=O) groups excluding carboxylic acids is 2. The molecule has 2 amide bonds. The summed E-state index contributed by atoms with van der Waals surface area (Å²) in [5.74, 6) is -1.60. The van der Waals surface area contributed by atoms with E-state index in [0.29, 0.717) is 12.1 Å². The molecule has 0 bridgehead atoms. The highest BCUT2D eigenvalue weighted by molar-refractivity contribution is 5.99. The highest BCUT2D eigenvalue weighted by Crippen LogP contribution is 2.29. The van der Waals surface area contributed by atoms with E-state index in [2.05, 4.69) is 16.0 Å². The predicted molar refractivity (Wildman–Crippen MR) is 101 cm³/mol. The molecule has 0 fully saturated rings. The number of allylic oxidation sites excluding steroid dienone is 2. The van der Waals surface area contributed by atoms with Gasteiger partial charge in [0.2, 0.25) is 6.41 Å². The van der Waals surface area contributed by atoms with Gasteiger partial charge in [0.25, 0.3) is 5.91 Å². The number of carboxylic acid groups (broad SMARTS) is 1. The van der Waals surface area contributed by atoms with Gasteiger partial charge < -0.3 is 26.8 Å². The summed E-state index contributed by atoms with van der Waals surface area (Å²) >= 11 is 0. The van der Waals surface area contributed by atoms with Crippen molar-refractivity contribution in [1.82, 2.24) is 10.6 Å². The number of hydrogen-bond acceptors (Lipinski definition) is 5. The van der Waals surface area contributed by atoms with Crippen LogP contribution in [0.3, 0.4) is 0 Å². The molecule has 1 aliphatic carbocycles. The lowest BCUT2D eigenvalue weighted by Gasteiger charge is -2.21. The third kappa shape index (κ3) is 4.00. The van der Waals surface area contributed by atoms with E-state index in [1.54, 1.807) is 0 Å². The monoisotopic (exact) mass is 368 g/mol. The Labute approximate surface area is 155 Å². The zero-order chi connectivity index (χ0) is 19.4. The van der Waals surface area contributed by atoms with Crippen molar-refractivity contribution in [2.24, 2.45) is 5.92 Å². The van der Waals surface area contributed by atoms with Gasteiger partial charge in [0, 0.05) is 17.9 Å². The molecular formula is C19H20N4O4. The summed E-state index contributed by atoms with van der Waals surface area (Å²) in [5, 5.41) is 17.7. The van der Waals surface area contributed by atoms with E-state index in [1.807, 2.05) is 30.5 Å². The number of aliphatic carboxylic acids is 1. The lowest BCUT2D eigenvalue weighted by molar-refractivity contribution is -0.139. The van der Waals surface area contributed by atoms with Crippen molar-refractivity contribution in [1.29, 1.82) is 0 Å². The minimum atomic E-state index is -1.12. The molecule has 3 atom stereocenters. The minimum Gasteiger partial charge on any atom is -0.480 e. The number of anilines is 2. The molecule has 1 aliphatic heterocycles. The Kier molecular flexibility index (Phi) is 5.25. The highest BCUT2D eigenvalue weighted by atomic mass is 16.4. The molecule has 1 aromatic rings. The zero-order valence-corrected chi connectivity index (χ0v) is 14.4. The first-order chi connectivity index (χ1) is 13.0. The number of amides is 2. The molecule has 8 heteroatoms. The fraction of sp³-hybridized carbons (Fsp3) is 0.211. The highest BCUT2D eigenvalue weighted by Gasteiger charge is 2.31. The van der Waals surface area contributed by atoms with Crippen LogP contribution in [0.2, 0.25) is 0 Å². The number of fused-ring (bicyclic) bond motifs is 1. The second kappa shape index (κ2) is 7.77. The van der Waals surface area contributed by atoms with E-state index in [4.69, 9.17) is 5.73 Å². The van der Waals surface area contributed by atoms with E-state index in [1.165, 1.54) is 18.2 Å². The van der Waals surface area contributed by atoms with Gasteiger partial charge >= 0.3 is 5.97 Å². The van der Waals surface area contributed by atoms with Crippen molar-refractivity contribution in [3.8, 4) is 0 Å². The van der Waals surface area contributed by atoms with Crippen LogP contribution in [0.4, 0.5) is 11.4 Å². The molecule has 2 aliphatic rings. The molecule has 0 radical (unpaired) electrons. The van der Waals surface area contributed by atoms with Gasteiger partial charge in [-0.15, -0.1) is 0 Å². The normalized spacial score (nSPS) is 20.8. The number of benzene rings is 1. The summed E-state index contributed by atoms with van der Waals surface area (Å²) in [7, 11) is 0. The minimum absolute atomic E-state index is 0.0775. The first-order valence-corrected chi connectivity index (χ1v) is 8.43. The number of nitrogens with one attached hydrogen (secondary N) is 3. The number of nitrogen functional groups attached to an aromatic ring is 1. The molecule has 8 nitrogen and oxygen atoms in total. The second-order valence-corrected chi connectivity index (χ2v) is 6.34. The van der Waals surface area contributed by atoms with Crippen LogP contribution in [0.25, 0.3) is 0 Å². The van der Waals surface area contributed by atoms with Gasteiger partial charge in [-0.1, -0.05) is 24.3 Å². The third-order valence-electron chi connectivity index (χ3n) is 4.60. The van der Waals surface area contributed by atoms with E-state index in [0.717, 1.165) is 5.57 Å². The Morgan fingerprint density at radius 1 is 1.30 bits per heavy atom. The fourth-order valence-corrected chi connectivity index (χ4v) is 3.18. The lowest BCUT2D eigenvalue weighted by atomic mass is 9.88. The van der Waals surface area contributed by atoms with Crippen LogP contribution in [-0.4, -0.2) is 35.5 Å². The van der Waals surface area contributed by atoms with Crippen LogP contribution in [-0.2, 0) is 9.59 Å². The number of rotatable bonds is 7. The Morgan fingerprint density at radius 3 is 2.81 bits per heavy atom. The molecule has 1 heterocycles.